The minimum absolute atomic E-state index is 0.0206. The topological polar surface area (TPSA) is 160 Å². The first-order chi connectivity index (χ1) is 17.9. The molecule has 190 valence electrons. The SMILES string of the molecule is CC1=CCC(=Nc2nc(Sc3ccc(NC(=O)C4CC4)cc3)nc(C(=O)NCc3ccco3)c2N)NN1. The smallest absolute Gasteiger partial charge is 0.272 e. The van der Waals surface area contributed by atoms with Crippen molar-refractivity contribution in [2.45, 2.75) is 42.8 Å². The minimum Gasteiger partial charge on any atom is -0.467 e. The molecule has 2 aromatic heterocycles. The quantitative estimate of drug-likeness (QED) is 0.281. The number of anilines is 2. The Kier molecular flexibility index (Phi) is 7.08. The van der Waals surface area contributed by atoms with Gasteiger partial charge in [-0.15, -0.1) is 0 Å². The predicted molar refractivity (Wildman–Crippen MR) is 140 cm³/mol. The number of nitrogens with two attached hydrogens (primary N) is 1. The molecule has 1 aliphatic carbocycles. The molecule has 2 aliphatic rings. The van der Waals surface area contributed by atoms with Gasteiger partial charge in [-0.2, -0.15) is 0 Å². The third kappa shape index (κ3) is 6.28. The Labute approximate surface area is 217 Å². The maximum Gasteiger partial charge on any atom is 0.272 e. The molecule has 11 nitrogen and oxygen atoms in total. The number of benzene rings is 1. The lowest BCUT2D eigenvalue weighted by Gasteiger charge is -2.17. The zero-order chi connectivity index (χ0) is 25.8. The lowest BCUT2D eigenvalue weighted by molar-refractivity contribution is -0.117. The first kappa shape index (κ1) is 24.4. The molecule has 0 unspecified atom stereocenters. The number of nitrogens with zero attached hydrogens (tertiary/aromatic N) is 3. The number of nitrogen functional groups attached to an aromatic ring is 1. The monoisotopic (exact) mass is 518 g/mol. The molecule has 1 saturated carbocycles. The molecular weight excluding hydrogens is 492 g/mol. The summed E-state index contributed by atoms with van der Waals surface area (Å²) in [5.41, 5.74) is 14.1. The average Bonchev–Trinajstić information content (AvgIpc) is 3.62. The molecule has 0 bridgehead atoms. The number of rotatable bonds is 8. The lowest BCUT2D eigenvalue weighted by atomic mass is 10.2. The number of furan rings is 1. The maximum atomic E-state index is 13.0. The molecule has 1 aromatic carbocycles. The van der Waals surface area contributed by atoms with Crippen molar-refractivity contribution < 1.29 is 14.0 Å². The van der Waals surface area contributed by atoms with Crippen LogP contribution in [0.3, 0.4) is 0 Å². The van der Waals surface area contributed by atoms with E-state index in [0.29, 0.717) is 23.2 Å². The molecule has 0 spiro atoms. The summed E-state index contributed by atoms with van der Waals surface area (Å²) >= 11 is 1.26. The van der Waals surface area contributed by atoms with Gasteiger partial charge in [0.25, 0.3) is 5.91 Å². The van der Waals surface area contributed by atoms with E-state index in [1.165, 1.54) is 18.0 Å². The van der Waals surface area contributed by atoms with E-state index in [1.54, 1.807) is 12.1 Å². The average molecular weight is 519 g/mol. The molecule has 0 saturated heterocycles. The van der Waals surface area contributed by atoms with Crippen molar-refractivity contribution in [1.29, 1.82) is 0 Å². The molecule has 1 fully saturated rings. The van der Waals surface area contributed by atoms with E-state index >= 15 is 0 Å². The van der Waals surface area contributed by atoms with Gasteiger partial charge >= 0.3 is 0 Å². The number of carbonyl (C=O) groups is 2. The van der Waals surface area contributed by atoms with Crippen LogP contribution in [0.4, 0.5) is 17.2 Å². The molecule has 0 radical (unpaired) electrons. The molecule has 5 rings (SSSR count). The van der Waals surface area contributed by atoms with Crippen molar-refractivity contribution in [3.63, 3.8) is 0 Å². The summed E-state index contributed by atoms with van der Waals surface area (Å²) in [6.45, 7) is 2.12. The Morgan fingerprint density at radius 1 is 1.19 bits per heavy atom. The van der Waals surface area contributed by atoms with Gasteiger partial charge in [-0.05, 0) is 67.9 Å². The standard InChI is InChI=1S/C25H26N8O3S/c1-14-4-11-19(33-32-14)29-22-20(26)21(24(35)27-13-17-3-2-12-36-17)30-25(31-22)37-18-9-7-16(8-10-18)28-23(34)15-5-6-15/h2-4,7-10,12,15,32H,5-6,11,13,26H2,1H3,(H,27,35)(H,28,34)(H,29,30,31,33). The van der Waals surface area contributed by atoms with Gasteiger partial charge < -0.3 is 26.2 Å². The number of amides is 2. The second kappa shape index (κ2) is 10.7. The summed E-state index contributed by atoms with van der Waals surface area (Å²) in [6.07, 6.45) is 5.95. The molecule has 37 heavy (non-hydrogen) atoms. The van der Waals surface area contributed by atoms with E-state index in [9.17, 15) is 9.59 Å². The summed E-state index contributed by atoms with van der Waals surface area (Å²) in [4.78, 5) is 39.3. The minimum atomic E-state index is -0.469. The molecule has 12 heteroatoms. The first-order valence-electron chi connectivity index (χ1n) is 11.8. The van der Waals surface area contributed by atoms with Crippen LogP contribution in [0.5, 0.6) is 0 Å². The van der Waals surface area contributed by atoms with Gasteiger partial charge in [-0.1, -0.05) is 6.08 Å². The molecule has 2 amide bonds. The highest BCUT2D eigenvalue weighted by Crippen LogP contribution is 2.33. The summed E-state index contributed by atoms with van der Waals surface area (Å²) in [5, 5.41) is 6.00. The second-order valence-corrected chi connectivity index (χ2v) is 9.68. The van der Waals surface area contributed by atoms with Crippen LogP contribution in [-0.4, -0.2) is 27.6 Å². The molecule has 1 aliphatic heterocycles. The Balaban J connectivity index is 1.39. The third-order valence-electron chi connectivity index (χ3n) is 5.65. The van der Waals surface area contributed by atoms with Crippen molar-refractivity contribution in [2.24, 2.45) is 10.9 Å². The van der Waals surface area contributed by atoms with Crippen LogP contribution in [-0.2, 0) is 11.3 Å². The zero-order valence-electron chi connectivity index (χ0n) is 20.1. The predicted octanol–water partition coefficient (Wildman–Crippen LogP) is 3.51. The lowest BCUT2D eigenvalue weighted by Crippen LogP contribution is -2.39. The van der Waals surface area contributed by atoms with E-state index in [2.05, 4.69) is 36.4 Å². The summed E-state index contributed by atoms with van der Waals surface area (Å²) in [6, 6.07) is 10.9. The van der Waals surface area contributed by atoms with E-state index in [-0.39, 0.29) is 35.6 Å². The Morgan fingerprint density at radius 2 is 2.00 bits per heavy atom. The highest BCUT2D eigenvalue weighted by Gasteiger charge is 2.29. The van der Waals surface area contributed by atoms with Crippen molar-refractivity contribution in [1.82, 2.24) is 26.1 Å². The Hall–Kier alpha value is -4.32. The number of aromatic nitrogens is 2. The highest BCUT2D eigenvalue weighted by molar-refractivity contribution is 7.99. The van der Waals surface area contributed by atoms with E-state index < -0.39 is 5.91 Å². The maximum absolute atomic E-state index is 13.0. The largest absolute Gasteiger partial charge is 0.467 e. The number of aliphatic imine (C=N–C) groups is 1. The van der Waals surface area contributed by atoms with Gasteiger partial charge in [0.2, 0.25) is 5.91 Å². The molecule has 3 aromatic rings. The number of allylic oxidation sites excluding steroid dienone is 1. The number of carbonyl (C=O) groups excluding carboxylic acids is 2. The zero-order valence-corrected chi connectivity index (χ0v) is 20.9. The van der Waals surface area contributed by atoms with Crippen LogP contribution >= 0.6 is 11.8 Å². The molecule has 3 heterocycles. The van der Waals surface area contributed by atoms with Gasteiger partial charge in [0, 0.05) is 28.6 Å². The van der Waals surface area contributed by atoms with Crippen LogP contribution in [0.25, 0.3) is 0 Å². The number of amidine groups is 1. The van der Waals surface area contributed by atoms with Crippen LogP contribution in [0.1, 0.15) is 42.4 Å². The van der Waals surface area contributed by atoms with E-state index in [0.717, 1.165) is 29.1 Å². The van der Waals surface area contributed by atoms with E-state index in [4.69, 9.17) is 10.2 Å². The van der Waals surface area contributed by atoms with Crippen molar-refractivity contribution in [3.8, 4) is 0 Å². The Bertz CT molecular complexity index is 1370. The van der Waals surface area contributed by atoms with Crippen LogP contribution in [0.15, 0.2) is 73.9 Å². The number of hydrogen-bond acceptors (Lipinski definition) is 9. The van der Waals surface area contributed by atoms with E-state index in [1.807, 2.05) is 37.3 Å². The van der Waals surface area contributed by atoms with Gasteiger partial charge in [-0.25, -0.2) is 15.0 Å². The summed E-state index contributed by atoms with van der Waals surface area (Å²) in [7, 11) is 0. The summed E-state index contributed by atoms with van der Waals surface area (Å²) < 4.78 is 5.28. The fraction of sp³-hybridized carbons (Fsp3) is 0.240. The Morgan fingerprint density at radius 3 is 2.68 bits per heavy atom. The number of hydrazine groups is 1. The second-order valence-electron chi connectivity index (χ2n) is 8.64. The highest BCUT2D eigenvalue weighted by atomic mass is 32.2. The van der Waals surface area contributed by atoms with Crippen molar-refractivity contribution in [3.05, 3.63) is 65.9 Å². The molecular formula is C25H26N8O3S. The molecule has 0 atom stereocenters. The third-order valence-corrected chi connectivity index (χ3v) is 6.52. The van der Waals surface area contributed by atoms with Crippen molar-refractivity contribution in [2.75, 3.05) is 11.1 Å². The van der Waals surface area contributed by atoms with Gasteiger partial charge in [0.15, 0.2) is 16.7 Å². The van der Waals surface area contributed by atoms with Crippen LogP contribution in [0, 0.1) is 5.92 Å². The van der Waals surface area contributed by atoms with Gasteiger partial charge in [0.1, 0.15) is 17.3 Å². The van der Waals surface area contributed by atoms with Crippen molar-refractivity contribution >= 4 is 46.6 Å². The van der Waals surface area contributed by atoms with Crippen LogP contribution in [0.2, 0.25) is 0 Å². The fourth-order valence-electron chi connectivity index (χ4n) is 3.43. The summed E-state index contributed by atoms with van der Waals surface area (Å²) in [5.74, 6) is 1.10. The fourth-order valence-corrected chi connectivity index (χ4v) is 4.18. The molecule has 6 N–H and O–H groups in total. The number of hydrogen-bond donors (Lipinski definition) is 5. The van der Waals surface area contributed by atoms with Gasteiger partial charge in [-0.3, -0.25) is 15.0 Å². The normalized spacial score (nSPS) is 15.9. The van der Waals surface area contributed by atoms with Crippen LogP contribution < -0.4 is 27.2 Å². The van der Waals surface area contributed by atoms with Gasteiger partial charge in [0.05, 0.1) is 12.8 Å². The first-order valence-corrected chi connectivity index (χ1v) is 12.6. The number of nitrogens with one attached hydrogen (secondary N) is 4.